The Morgan fingerprint density at radius 1 is 0.477 bits per heavy atom. The van der Waals surface area contributed by atoms with E-state index in [1.165, 1.54) is 0 Å². The van der Waals surface area contributed by atoms with Gasteiger partial charge in [0.2, 0.25) is 0 Å². The van der Waals surface area contributed by atoms with Gasteiger partial charge in [-0.25, -0.2) is 0 Å². The zero-order valence-corrected chi connectivity index (χ0v) is 25.1. The fourth-order valence-corrected chi connectivity index (χ4v) is 4.49. The summed E-state index contributed by atoms with van der Waals surface area (Å²) < 4.78 is 54.1. The molecule has 2 aliphatic rings. The predicted octanol–water partition coefficient (Wildman–Crippen LogP) is -1.40. The van der Waals surface area contributed by atoms with E-state index < -0.39 is 116 Å². The minimum absolute atomic E-state index is 0.572. The lowest BCUT2D eigenvalue weighted by atomic mass is 9.96. The van der Waals surface area contributed by atoms with Crippen molar-refractivity contribution in [3.05, 3.63) is 0 Å². The first-order chi connectivity index (χ1) is 20.5. The van der Waals surface area contributed by atoms with E-state index in [0.717, 1.165) is 48.5 Å². The molecule has 0 bridgehead atoms. The second-order valence-corrected chi connectivity index (χ2v) is 9.68. The van der Waals surface area contributed by atoms with E-state index in [1.807, 2.05) is 0 Å². The molecule has 0 aromatic carbocycles. The second-order valence-electron chi connectivity index (χ2n) is 9.68. The van der Waals surface area contributed by atoms with E-state index in [4.69, 9.17) is 47.4 Å². The van der Waals surface area contributed by atoms with Gasteiger partial charge < -0.3 is 52.5 Å². The maximum atomic E-state index is 12.2. The minimum Gasteiger partial charge on any atom is -0.463 e. The van der Waals surface area contributed by atoms with Crippen LogP contribution in [-0.4, -0.2) is 122 Å². The molecule has 2 saturated heterocycles. The Morgan fingerprint density at radius 2 is 0.841 bits per heavy atom. The molecule has 1 N–H and O–H groups in total. The van der Waals surface area contributed by atoms with Crippen LogP contribution in [0.5, 0.6) is 0 Å². The second kappa shape index (κ2) is 16.3. The van der Waals surface area contributed by atoms with Crippen molar-refractivity contribution < 1.29 is 86.0 Å². The van der Waals surface area contributed by atoms with E-state index in [0.29, 0.717) is 0 Å². The first-order valence-corrected chi connectivity index (χ1v) is 13.3. The van der Waals surface area contributed by atoms with E-state index >= 15 is 0 Å². The highest BCUT2D eigenvalue weighted by Crippen LogP contribution is 2.34. The summed E-state index contributed by atoms with van der Waals surface area (Å²) in [5, 5.41) is 10.6. The van der Waals surface area contributed by atoms with E-state index in [9.17, 15) is 38.7 Å². The molecule has 2 aliphatic heterocycles. The molecular formula is C26H36O18. The minimum atomic E-state index is -1.90. The van der Waals surface area contributed by atoms with Crippen LogP contribution in [0.1, 0.15) is 48.5 Å². The van der Waals surface area contributed by atoms with Gasteiger partial charge in [0.1, 0.15) is 31.5 Å². The topological polar surface area (TPSA) is 232 Å². The number of hydrogen-bond acceptors (Lipinski definition) is 18. The molecule has 0 aromatic heterocycles. The molecule has 2 heterocycles. The summed E-state index contributed by atoms with van der Waals surface area (Å²) in [5.74, 6) is -6.03. The van der Waals surface area contributed by atoms with E-state index in [2.05, 4.69) is 0 Å². The van der Waals surface area contributed by atoms with Crippen LogP contribution >= 0.6 is 0 Å². The molecule has 44 heavy (non-hydrogen) atoms. The van der Waals surface area contributed by atoms with Gasteiger partial charge in [-0.15, -0.1) is 0 Å². The van der Waals surface area contributed by atoms with Crippen LogP contribution in [0.25, 0.3) is 0 Å². The van der Waals surface area contributed by atoms with Crippen LogP contribution in [-0.2, 0) is 80.9 Å². The Labute approximate surface area is 251 Å². The van der Waals surface area contributed by atoms with Gasteiger partial charge in [-0.1, -0.05) is 0 Å². The standard InChI is InChI=1S/C26H36O18/c1-10(27)35-8-17-20(21(38-13(4)30)23(25(34)42-17)40-15(6)32)44-26-24(41-16(7)33)22(39-14(5)31)19(37-12(3)29)18(43-26)9-36-11(2)28/h17-26,34H,8-9H2,1-7H3/t17-,18-,19+,20-,21-,22+,23-,24+,25+,26+/m0/s1. The fourth-order valence-electron chi connectivity index (χ4n) is 4.49. The molecule has 0 unspecified atom stereocenters. The Morgan fingerprint density at radius 3 is 1.27 bits per heavy atom. The maximum Gasteiger partial charge on any atom is 0.303 e. The first-order valence-electron chi connectivity index (χ1n) is 13.3. The van der Waals surface area contributed by atoms with Gasteiger partial charge in [0, 0.05) is 48.5 Å². The average molecular weight is 637 g/mol. The summed E-state index contributed by atoms with van der Waals surface area (Å²) in [7, 11) is 0. The zero-order chi connectivity index (χ0) is 33.3. The van der Waals surface area contributed by atoms with Gasteiger partial charge in [-0.2, -0.15) is 0 Å². The van der Waals surface area contributed by atoms with Gasteiger partial charge in [0.15, 0.2) is 43.1 Å². The summed E-state index contributed by atoms with van der Waals surface area (Å²) in [4.78, 5) is 83.5. The van der Waals surface area contributed by atoms with E-state index in [-0.39, 0.29) is 0 Å². The number of esters is 7. The largest absolute Gasteiger partial charge is 0.463 e. The van der Waals surface area contributed by atoms with Gasteiger partial charge in [-0.3, -0.25) is 33.6 Å². The summed E-state index contributed by atoms with van der Waals surface area (Å²) in [5.41, 5.74) is 0. The normalized spacial score (nSPS) is 31.5. The van der Waals surface area contributed by atoms with Crippen LogP contribution in [0.2, 0.25) is 0 Å². The summed E-state index contributed by atoms with van der Waals surface area (Å²) in [6.07, 6.45) is -16.3. The van der Waals surface area contributed by atoms with Gasteiger partial charge in [0.05, 0.1) is 0 Å². The summed E-state index contributed by atoms with van der Waals surface area (Å²) in [6.45, 7) is 6.11. The number of ether oxygens (including phenoxy) is 10. The lowest BCUT2D eigenvalue weighted by Crippen LogP contribution is -2.67. The Balaban J connectivity index is 2.66. The van der Waals surface area contributed by atoms with Crippen LogP contribution in [0, 0.1) is 0 Å². The third-order valence-electron chi connectivity index (χ3n) is 5.90. The summed E-state index contributed by atoms with van der Waals surface area (Å²) in [6, 6.07) is 0. The molecule has 0 aliphatic carbocycles. The fraction of sp³-hybridized carbons (Fsp3) is 0.731. The van der Waals surface area contributed by atoms with Gasteiger partial charge in [0.25, 0.3) is 0 Å². The SMILES string of the molecule is CC(=O)OC[C@@H]1O[C@@H](O)[C@@H](OC(C)=O)[C@@H](OC(C)=O)[C@H]1O[C@H]1O[C@@H](COC(C)=O)[C@@H](OC(C)=O)[C@@H](OC(C)=O)[C@H]1OC(C)=O. The first kappa shape index (κ1) is 36.3. The maximum absolute atomic E-state index is 12.2. The van der Waals surface area contributed by atoms with Crippen molar-refractivity contribution in [3.8, 4) is 0 Å². The van der Waals surface area contributed by atoms with Gasteiger partial charge >= 0.3 is 41.8 Å². The van der Waals surface area contributed by atoms with Crippen molar-refractivity contribution in [3.63, 3.8) is 0 Å². The molecule has 0 saturated carbocycles. The number of carbonyl (C=O) groups is 7. The smallest absolute Gasteiger partial charge is 0.303 e. The van der Waals surface area contributed by atoms with Crippen molar-refractivity contribution in [2.75, 3.05) is 13.2 Å². The van der Waals surface area contributed by atoms with Crippen LogP contribution < -0.4 is 0 Å². The molecular weight excluding hydrogens is 600 g/mol. The Bertz CT molecular complexity index is 1090. The Hall–Kier alpha value is -3.87. The van der Waals surface area contributed by atoms with Crippen LogP contribution in [0.4, 0.5) is 0 Å². The number of hydrogen-bond donors (Lipinski definition) is 1. The molecule has 2 rings (SSSR count). The lowest BCUT2D eigenvalue weighted by Gasteiger charge is -2.48. The highest BCUT2D eigenvalue weighted by molar-refractivity contribution is 5.69. The predicted molar refractivity (Wildman–Crippen MR) is 135 cm³/mol. The van der Waals surface area contributed by atoms with Crippen molar-refractivity contribution in [1.82, 2.24) is 0 Å². The molecule has 18 heteroatoms. The van der Waals surface area contributed by atoms with Crippen LogP contribution in [0.3, 0.4) is 0 Å². The Kier molecular flexibility index (Phi) is 13.4. The number of aliphatic hydroxyl groups is 1. The van der Waals surface area contributed by atoms with Crippen molar-refractivity contribution in [2.24, 2.45) is 0 Å². The van der Waals surface area contributed by atoms with Gasteiger partial charge in [-0.05, 0) is 0 Å². The average Bonchev–Trinajstić information content (AvgIpc) is 2.87. The molecule has 0 radical (unpaired) electrons. The third kappa shape index (κ3) is 10.7. The monoisotopic (exact) mass is 636 g/mol. The molecule has 0 amide bonds. The molecule has 0 spiro atoms. The van der Waals surface area contributed by atoms with Crippen molar-refractivity contribution in [2.45, 2.75) is 110 Å². The molecule has 2 fully saturated rings. The van der Waals surface area contributed by atoms with Crippen LogP contribution in [0.15, 0.2) is 0 Å². The summed E-state index contributed by atoms with van der Waals surface area (Å²) >= 11 is 0. The molecule has 0 aromatic rings. The third-order valence-corrected chi connectivity index (χ3v) is 5.90. The molecule has 18 nitrogen and oxygen atoms in total. The lowest BCUT2D eigenvalue weighted by molar-refractivity contribution is -0.357. The number of aliphatic hydroxyl groups excluding tert-OH is 1. The highest BCUT2D eigenvalue weighted by Gasteiger charge is 2.57. The quantitative estimate of drug-likeness (QED) is 0.203. The van der Waals surface area contributed by atoms with Crippen molar-refractivity contribution >= 4 is 41.8 Å². The van der Waals surface area contributed by atoms with Crippen molar-refractivity contribution in [1.29, 1.82) is 0 Å². The number of carbonyl (C=O) groups excluding carboxylic acids is 7. The highest BCUT2D eigenvalue weighted by atomic mass is 16.8. The molecule has 248 valence electrons. The zero-order valence-electron chi connectivity index (χ0n) is 25.1. The van der Waals surface area contributed by atoms with E-state index in [1.54, 1.807) is 0 Å². The molecule has 10 atom stereocenters. The number of rotatable bonds is 11.